The van der Waals surface area contributed by atoms with E-state index >= 15 is 0 Å². The number of hydrogen-bond acceptors (Lipinski definition) is 3. The van der Waals surface area contributed by atoms with Crippen LogP contribution in [0.4, 0.5) is 0 Å². The molecule has 0 heterocycles. The normalized spacial score (nSPS) is 12.1. The molecular weight excluding hydrogens is 184 g/mol. The molecule has 76 valence electrons. The smallest absolute Gasteiger partial charge is 0.143 e. The van der Waals surface area contributed by atoms with Crippen molar-refractivity contribution in [3.63, 3.8) is 0 Å². The van der Waals surface area contributed by atoms with Crippen molar-refractivity contribution in [3.05, 3.63) is 0 Å². The van der Waals surface area contributed by atoms with Crippen LogP contribution >= 0.6 is 0 Å². The van der Waals surface area contributed by atoms with Gasteiger partial charge in [-0.3, -0.25) is 9.59 Å². The van der Waals surface area contributed by atoms with E-state index in [1.807, 2.05) is 0 Å². The molecule has 4 heteroatoms. The molecule has 0 aliphatic rings. The van der Waals surface area contributed by atoms with E-state index in [4.69, 9.17) is 4.74 Å². The van der Waals surface area contributed by atoms with Crippen LogP contribution in [0.25, 0.3) is 0 Å². The topological polar surface area (TPSA) is 43.4 Å². The van der Waals surface area contributed by atoms with Crippen molar-refractivity contribution in [1.29, 1.82) is 0 Å². The lowest BCUT2D eigenvalue weighted by atomic mass is 9.85. The molecule has 0 bridgehead atoms. The van der Waals surface area contributed by atoms with Gasteiger partial charge in [-0.2, -0.15) is 0 Å². The molecule has 0 fully saturated rings. The van der Waals surface area contributed by atoms with E-state index in [-0.39, 0.29) is 11.6 Å². The highest BCUT2D eigenvalue weighted by atomic mass is 28.1. The maximum atomic E-state index is 11.2. The second-order valence-corrected chi connectivity index (χ2v) is 4.27. The molecule has 13 heavy (non-hydrogen) atoms. The third kappa shape index (κ3) is 3.40. The zero-order chi connectivity index (χ0) is 10.6. The minimum atomic E-state index is -0.653. The Balaban J connectivity index is 4.72. The molecule has 0 radical (unpaired) electrons. The first-order valence-electron chi connectivity index (χ1n) is 4.47. The summed E-state index contributed by atoms with van der Waals surface area (Å²) in [6, 6.07) is 0. The van der Waals surface area contributed by atoms with Gasteiger partial charge in [0.15, 0.2) is 0 Å². The van der Waals surface area contributed by atoms with Gasteiger partial charge in [-0.1, -0.05) is 0 Å². The van der Waals surface area contributed by atoms with Gasteiger partial charge in [0, 0.05) is 16.5 Å². The minimum absolute atomic E-state index is 0.118. The van der Waals surface area contributed by atoms with Crippen LogP contribution in [0.3, 0.4) is 0 Å². The SMILES string of the molecule is CC(=O)C(C(C)=O)C(C)(C)OC[SiH3]. The van der Waals surface area contributed by atoms with Crippen LogP contribution in [0.1, 0.15) is 27.7 Å². The molecule has 0 aliphatic heterocycles. The molecule has 0 aromatic carbocycles. The van der Waals surface area contributed by atoms with Crippen LogP contribution in [-0.4, -0.2) is 33.6 Å². The molecule has 0 amide bonds. The fraction of sp³-hybridized carbons (Fsp3) is 0.778. The molecule has 0 saturated heterocycles. The Kier molecular flexibility index (Phi) is 4.50. The molecule has 0 atom stereocenters. The number of ketones is 2. The van der Waals surface area contributed by atoms with Gasteiger partial charge in [-0.25, -0.2) is 0 Å². The van der Waals surface area contributed by atoms with Gasteiger partial charge in [0.1, 0.15) is 17.5 Å². The van der Waals surface area contributed by atoms with Gasteiger partial charge in [-0.15, -0.1) is 0 Å². The molecule has 0 N–H and O–H groups in total. The van der Waals surface area contributed by atoms with Crippen LogP contribution in [0.2, 0.25) is 0 Å². The van der Waals surface area contributed by atoms with Crippen LogP contribution in [-0.2, 0) is 14.3 Å². The number of hydrogen-bond donors (Lipinski definition) is 0. The van der Waals surface area contributed by atoms with Gasteiger partial charge in [-0.05, 0) is 27.7 Å². The lowest BCUT2D eigenvalue weighted by Gasteiger charge is -2.30. The lowest BCUT2D eigenvalue weighted by Crippen LogP contribution is -2.43. The van der Waals surface area contributed by atoms with E-state index in [0.717, 1.165) is 10.2 Å². The van der Waals surface area contributed by atoms with Crippen molar-refractivity contribution in [1.82, 2.24) is 0 Å². The number of Topliss-reactive ketones (excluding diaryl/α,β-unsaturated/α-hetero) is 2. The summed E-state index contributed by atoms with van der Waals surface area (Å²) in [5.74, 6) is -0.860. The minimum Gasteiger partial charge on any atom is -0.379 e. The van der Waals surface area contributed by atoms with E-state index in [1.54, 1.807) is 13.8 Å². The zero-order valence-electron chi connectivity index (χ0n) is 9.01. The monoisotopic (exact) mass is 202 g/mol. The van der Waals surface area contributed by atoms with Crippen molar-refractivity contribution < 1.29 is 14.3 Å². The second kappa shape index (κ2) is 4.67. The summed E-state index contributed by atoms with van der Waals surface area (Å²) in [5, 5.41) is 0. The summed E-state index contributed by atoms with van der Waals surface area (Å²) in [6.07, 6.45) is 0.643. The van der Waals surface area contributed by atoms with E-state index in [9.17, 15) is 9.59 Å². The molecule has 0 unspecified atom stereocenters. The average molecular weight is 202 g/mol. The standard InChI is InChI=1S/C9H18O3Si/c1-6(10)8(7(2)11)9(3,4)12-5-13/h8H,5H2,1-4,13H3. The second-order valence-electron chi connectivity index (χ2n) is 3.69. The fourth-order valence-corrected chi connectivity index (χ4v) is 2.46. The average Bonchev–Trinajstić information content (AvgIpc) is 1.82. The highest BCUT2D eigenvalue weighted by molar-refractivity contribution is 6.08. The van der Waals surface area contributed by atoms with Crippen LogP contribution in [0, 0.1) is 5.92 Å². The number of carbonyl (C=O) groups is 2. The molecule has 0 aliphatic carbocycles. The summed E-state index contributed by atoms with van der Waals surface area (Å²) in [4.78, 5) is 22.4. The predicted molar refractivity (Wildman–Crippen MR) is 54.8 cm³/mol. The van der Waals surface area contributed by atoms with Crippen LogP contribution < -0.4 is 0 Å². The molecule has 0 aromatic heterocycles. The molecule has 3 nitrogen and oxygen atoms in total. The maximum absolute atomic E-state index is 11.2. The summed E-state index contributed by atoms with van der Waals surface area (Å²) >= 11 is 0. The van der Waals surface area contributed by atoms with Gasteiger partial charge in [0.25, 0.3) is 0 Å². The maximum Gasteiger partial charge on any atom is 0.143 e. The molecule has 0 aromatic rings. The fourth-order valence-electron chi connectivity index (χ4n) is 1.72. The summed E-state index contributed by atoms with van der Waals surface area (Å²) in [7, 11) is 0.913. The van der Waals surface area contributed by atoms with E-state index in [0.29, 0.717) is 6.23 Å². The van der Waals surface area contributed by atoms with Crippen LogP contribution in [0.5, 0.6) is 0 Å². The third-order valence-corrected chi connectivity index (χ3v) is 2.31. The summed E-state index contributed by atoms with van der Waals surface area (Å²) in [5.41, 5.74) is -0.653. The number of carbonyl (C=O) groups excluding carboxylic acids is 2. The zero-order valence-corrected chi connectivity index (χ0v) is 11.0. The van der Waals surface area contributed by atoms with Crippen LogP contribution in [0.15, 0.2) is 0 Å². The van der Waals surface area contributed by atoms with Crippen molar-refractivity contribution in [2.75, 3.05) is 6.23 Å². The third-order valence-electron chi connectivity index (χ3n) is 2.02. The highest BCUT2D eigenvalue weighted by Crippen LogP contribution is 2.22. The summed E-state index contributed by atoms with van der Waals surface area (Å²) < 4.78 is 5.43. The first-order valence-corrected chi connectivity index (χ1v) is 5.89. The Bertz CT molecular complexity index is 197. The predicted octanol–water partition coefficient (Wildman–Crippen LogP) is -0.101. The van der Waals surface area contributed by atoms with Gasteiger partial charge in [0.2, 0.25) is 0 Å². The number of rotatable bonds is 5. The Morgan fingerprint density at radius 1 is 1.31 bits per heavy atom. The first-order chi connectivity index (χ1) is 5.83. The Morgan fingerprint density at radius 2 is 1.69 bits per heavy atom. The van der Waals surface area contributed by atoms with Crippen molar-refractivity contribution in [2.24, 2.45) is 5.92 Å². The van der Waals surface area contributed by atoms with E-state index in [2.05, 4.69) is 0 Å². The van der Waals surface area contributed by atoms with E-state index < -0.39 is 11.5 Å². The quantitative estimate of drug-likeness (QED) is 0.462. The van der Waals surface area contributed by atoms with Crippen molar-refractivity contribution >= 4 is 21.8 Å². The van der Waals surface area contributed by atoms with Gasteiger partial charge < -0.3 is 4.74 Å². The van der Waals surface area contributed by atoms with Gasteiger partial charge in [0.05, 0.1) is 5.60 Å². The van der Waals surface area contributed by atoms with E-state index in [1.165, 1.54) is 13.8 Å². The Morgan fingerprint density at radius 3 is 1.92 bits per heavy atom. The summed E-state index contributed by atoms with van der Waals surface area (Å²) in [6.45, 7) is 6.45. The van der Waals surface area contributed by atoms with Gasteiger partial charge >= 0.3 is 0 Å². The Labute approximate surface area is 82.3 Å². The molecule has 0 rings (SSSR count). The molecular formula is C9H18O3Si. The molecule has 0 spiro atoms. The highest BCUT2D eigenvalue weighted by Gasteiger charge is 2.36. The lowest BCUT2D eigenvalue weighted by molar-refractivity contribution is -0.142. The Hall–Kier alpha value is -0.483. The van der Waals surface area contributed by atoms with Crippen molar-refractivity contribution in [2.45, 2.75) is 33.3 Å². The first kappa shape index (κ1) is 12.5. The largest absolute Gasteiger partial charge is 0.379 e. The number of ether oxygens (including phenoxy) is 1. The van der Waals surface area contributed by atoms with Crippen molar-refractivity contribution in [3.8, 4) is 0 Å². The molecule has 0 saturated carbocycles.